The van der Waals surface area contributed by atoms with E-state index in [1.165, 1.54) is 0 Å². The molecule has 0 aliphatic carbocycles. The molecule has 0 bridgehead atoms. The van der Waals surface area contributed by atoms with Crippen LogP contribution < -0.4 is 10.6 Å². The van der Waals surface area contributed by atoms with Crippen LogP contribution in [0.1, 0.15) is 40.5 Å². The Balaban J connectivity index is 3.03. The van der Waals surface area contributed by atoms with Crippen LogP contribution in [0.15, 0.2) is 18.2 Å². The minimum atomic E-state index is -0.316. The summed E-state index contributed by atoms with van der Waals surface area (Å²) in [5.74, 6) is 0.460. The number of hydrogen-bond acceptors (Lipinski definition) is 4. The van der Waals surface area contributed by atoms with E-state index in [1.54, 1.807) is 12.1 Å². The first-order valence-electron chi connectivity index (χ1n) is 7.29. The van der Waals surface area contributed by atoms with Crippen LogP contribution in [0.3, 0.4) is 0 Å². The highest BCUT2D eigenvalue weighted by molar-refractivity contribution is 5.76. The molecule has 0 spiro atoms. The van der Waals surface area contributed by atoms with E-state index in [0.717, 1.165) is 19.4 Å². The maximum Gasteiger partial charge on any atom is 0.315 e. The van der Waals surface area contributed by atoms with Gasteiger partial charge in [-0.05, 0) is 31.4 Å². The van der Waals surface area contributed by atoms with Crippen molar-refractivity contribution in [3.8, 4) is 0 Å². The number of para-hydroxylation sites is 1. The summed E-state index contributed by atoms with van der Waals surface area (Å²) >= 11 is 0. The fourth-order valence-corrected chi connectivity index (χ4v) is 2.00. The number of hydrogen-bond donors (Lipinski definition) is 2. The highest BCUT2D eigenvalue weighted by Gasteiger charge is 2.21. The van der Waals surface area contributed by atoms with Gasteiger partial charge in [0.2, 0.25) is 0 Å². The van der Waals surface area contributed by atoms with Gasteiger partial charge in [0.25, 0.3) is 0 Å². The van der Waals surface area contributed by atoms with Gasteiger partial charge < -0.3 is 10.6 Å². The minimum absolute atomic E-state index is 0.135. The smallest absolute Gasteiger partial charge is 0.315 e. The molecular weight excluding hydrogens is 254 g/mol. The van der Waals surface area contributed by atoms with Gasteiger partial charge in [0.05, 0.1) is 4.92 Å². The van der Waals surface area contributed by atoms with Crippen LogP contribution >= 0.6 is 0 Å². The van der Waals surface area contributed by atoms with Crippen LogP contribution in [0.25, 0.3) is 0 Å². The number of nitrogens with one attached hydrogen (secondary N) is 2. The van der Waals surface area contributed by atoms with E-state index >= 15 is 0 Å². The zero-order valence-corrected chi connectivity index (χ0v) is 12.8. The maximum atomic E-state index is 11.4. The van der Waals surface area contributed by atoms with Crippen LogP contribution in [-0.4, -0.2) is 17.5 Å². The van der Waals surface area contributed by atoms with E-state index in [0.29, 0.717) is 17.3 Å². The normalized spacial score (nSPS) is 13.6. The van der Waals surface area contributed by atoms with Crippen molar-refractivity contribution in [2.24, 2.45) is 5.92 Å². The monoisotopic (exact) mass is 279 g/mol. The molecule has 2 atom stereocenters. The molecule has 2 N–H and O–H groups in total. The van der Waals surface area contributed by atoms with Gasteiger partial charge in [0, 0.05) is 12.6 Å². The summed E-state index contributed by atoms with van der Waals surface area (Å²) in [6, 6.07) is 5.57. The average molecular weight is 279 g/mol. The van der Waals surface area contributed by atoms with Crippen molar-refractivity contribution in [3.63, 3.8) is 0 Å². The van der Waals surface area contributed by atoms with Gasteiger partial charge in [0.15, 0.2) is 0 Å². The predicted molar refractivity (Wildman–Crippen MR) is 84.4 cm³/mol. The van der Waals surface area contributed by atoms with Gasteiger partial charge in [0.1, 0.15) is 11.4 Å². The van der Waals surface area contributed by atoms with Crippen LogP contribution in [-0.2, 0) is 0 Å². The zero-order chi connectivity index (χ0) is 15.1. The molecule has 0 fully saturated rings. The van der Waals surface area contributed by atoms with Gasteiger partial charge in [-0.1, -0.05) is 33.3 Å². The quantitative estimate of drug-likeness (QED) is 0.551. The highest BCUT2D eigenvalue weighted by atomic mass is 16.6. The molecule has 112 valence electrons. The number of nitro benzene ring substituents is 1. The second-order valence-electron chi connectivity index (χ2n) is 5.20. The summed E-state index contributed by atoms with van der Waals surface area (Å²) in [4.78, 5) is 11.0. The molecule has 0 aliphatic heterocycles. The SMILES string of the molecule is CCCNc1cccc(NC(C)C(C)CC)c1[N+](=O)[O-]. The van der Waals surface area contributed by atoms with E-state index in [9.17, 15) is 10.1 Å². The van der Waals surface area contributed by atoms with Gasteiger partial charge in [-0.3, -0.25) is 10.1 Å². The van der Waals surface area contributed by atoms with Gasteiger partial charge in [-0.15, -0.1) is 0 Å². The van der Waals surface area contributed by atoms with Crippen LogP contribution in [0.5, 0.6) is 0 Å². The summed E-state index contributed by atoms with van der Waals surface area (Å²) in [7, 11) is 0. The molecular formula is C15H25N3O2. The molecule has 0 aliphatic rings. The van der Waals surface area contributed by atoms with Crippen molar-refractivity contribution in [1.29, 1.82) is 0 Å². The fourth-order valence-electron chi connectivity index (χ4n) is 2.00. The number of nitro groups is 1. The molecule has 0 radical (unpaired) electrons. The minimum Gasteiger partial charge on any atom is -0.379 e. The molecule has 0 aromatic heterocycles. The third-order valence-electron chi connectivity index (χ3n) is 3.66. The standard InChI is InChI=1S/C15H25N3O2/c1-5-10-16-13-8-7-9-14(15(13)18(19)20)17-12(4)11(3)6-2/h7-9,11-12,16-17H,5-6,10H2,1-4H3. The Bertz CT molecular complexity index is 449. The first-order chi connectivity index (χ1) is 9.51. The Kier molecular flexibility index (Phi) is 6.28. The Morgan fingerprint density at radius 1 is 1.25 bits per heavy atom. The highest BCUT2D eigenvalue weighted by Crippen LogP contribution is 2.33. The van der Waals surface area contributed by atoms with Crippen LogP contribution in [0.2, 0.25) is 0 Å². The molecule has 2 unspecified atom stereocenters. The van der Waals surface area contributed by atoms with Gasteiger partial charge in [-0.25, -0.2) is 0 Å². The lowest BCUT2D eigenvalue weighted by Crippen LogP contribution is -2.23. The first kappa shape index (κ1) is 16.3. The third kappa shape index (κ3) is 4.11. The molecule has 0 saturated heterocycles. The molecule has 5 nitrogen and oxygen atoms in total. The Labute approximate surface area is 120 Å². The molecule has 1 aromatic carbocycles. The molecule has 1 rings (SSSR count). The van der Waals surface area contributed by atoms with E-state index in [-0.39, 0.29) is 16.7 Å². The molecule has 1 aromatic rings. The Hall–Kier alpha value is -1.78. The lowest BCUT2D eigenvalue weighted by atomic mass is 10.0. The van der Waals surface area contributed by atoms with Crippen molar-refractivity contribution < 1.29 is 4.92 Å². The van der Waals surface area contributed by atoms with Crippen molar-refractivity contribution >= 4 is 17.1 Å². The lowest BCUT2D eigenvalue weighted by Gasteiger charge is -2.21. The third-order valence-corrected chi connectivity index (χ3v) is 3.66. The molecule has 0 heterocycles. The second kappa shape index (κ2) is 7.72. The van der Waals surface area contributed by atoms with E-state index in [4.69, 9.17) is 0 Å². The van der Waals surface area contributed by atoms with Crippen molar-refractivity contribution in [2.75, 3.05) is 17.2 Å². The number of nitrogens with zero attached hydrogens (tertiary/aromatic N) is 1. The predicted octanol–water partition coefficient (Wildman–Crippen LogP) is 4.26. The summed E-state index contributed by atoms with van der Waals surface area (Å²) in [5.41, 5.74) is 1.30. The Morgan fingerprint density at radius 3 is 2.45 bits per heavy atom. The summed E-state index contributed by atoms with van der Waals surface area (Å²) in [5, 5.41) is 17.7. The average Bonchev–Trinajstić information content (AvgIpc) is 2.43. The number of benzene rings is 1. The van der Waals surface area contributed by atoms with E-state index in [1.807, 2.05) is 13.0 Å². The lowest BCUT2D eigenvalue weighted by molar-refractivity contribution is -0.383. The summed E-state index contributed by atoms with van der Waals surface area (Å²) < 4.78 is 0. The summed E-state index contributed by atoms with van der Waals surface area (Å²) in [6.45, 7) is 9.08. The van der Waals surface area contributed by atoms with Crippen LogP contribution in [0, 0.1) is 16.0 Å². The fraction of sp³-hybridized carbons (Fsp3) is 0.600. The second-order valence-corrected chi connectivity index (χ2v) is 5.20. The molecule has 0 amide bonds. The molecule has 0 saturated carbocycles. The number of anilines is 2. The molecule has 20 heavy (non-hydrogen) atoms. The van der Waals surface area contributed by atoms with E-state index < -0.39 is 0 Å². The van der Waals surface area contributed by atoms with Crippen molar-refractivity contribution in [2.45, 2.75) is 46.6 Å². The van der Waals surface area contributed by atoms with Gasteiger partial charge in [-0.2, -0.15) is 0 Å². The first-order valence-corrected chi connectivity index (χ1v) is 7.29. The maximum absolute atomic E-state index is 11.4. The Morgan fingerprint density at radius 2 is 1.90 bits per heavy atom. The van der Waals surface area contributed by atoms with E-state index in [2.05, 4.69) is 31.4 Å². The topological polar surface area (TPSA) is 67.2 Å². The van der Waals surface area contributed by atoms with Crippen LogP contribution in [0.4, 0.5) is 17.1 Å². The summed E-state index contributed by atoms with van der Waals surface area (Å²) in [6.07, 6.45) is 1.97. The number of rotatable bonds is 8. The molecule has 5 heteroatoms. The zero-order valence-electron chi connectivity index (χ0n) is 12.8. The van der Waals surface area contributed by atoms with Crippen molar-refractivity contribution in [3.05, 3.63) is 28.3 Å². The van der Waals surface area contributed by atoms with Gasteiger partial charge >= 0.3 is 5.69 Å². The largest absolute Gasteiger partial charge is 0.379 e. The van der Waals surface area contributed by atoms with Crippen molar-refractivity contribution in [1.82, 2.24) is 0 Å².